The van der Waals surface area contributed by atoms with Crippen LogP contribution in [0.3, 0.4) is 0 Å². The van der Waals surface area contributed by atoms with Crippen LogP contribution in [-0.2, 0) is 11.2 Å². The molecule has 1 amide bonds. The maximum Gasteiger partial charge on any atom is 0.281 e. The van der Waals surface area contributed by atoms with Crippen molar-refractivity contribution < 1.29 is 9.53 Å². The van der Waals surface area contributed by atoms with Crippen LogP contribution >= 0.6 is 11.3 Å². The highest BCUT2D eigenvalue weighted by Gasteiger charge is 2.11. The number of carbonyl (C=O) groups is 1. The summed E-state index contributed by atoms with van der Waals surface area (Å²) in [5.41, 5.74) is 1.20. The number of benzene rings is 2. The molecule has 3 aromatic rings. The van der Waals surface area contributed by atoms with E-state index in [4.69, 9.17) is 4.74 Å². The van der Waals surface area contributed by atoms with Gasteiger partial charge in [-0.2, -0.15) is 4.98 Å². The van der Waals surface area contributed by atoms with Crippen LogP contribution < -0.4 is 20.5 Å². The first kappa shape index (κ1) is 19.8. The largest absolute Gasteiger partial charge is 0.497 e. The maximum absolute atomic E-state index is 12.5. The molecule has 0 fully saturated rings. The zero-order chi connectivity index (χ0) is 20.1. The maximum atomic E-state index is 12.5. The molecule has 2 aromatic carbocycles. The Morgan fingerprint density at radius 1 is 1.14 bits per heavy atom. The normalized spacial score (nSPS) is 10.7. The van der Waals surface area contributed by atoms with Crippen molar-refractivity contribution in [3.05, 3.63) is 58.4 Å². The van der Waals surface area contributed by atoms with Gasteiger partial charge in [0.25, 0.3) is 5.56 Å². The number of nitrogens with zero attached hydrogens (tertiary/aromatic N) is 2. The second-order valence-corrected chi connectivity index (χ2v) is 7.27. The molecular weight excluding hydrogens is 374 g/mol. The van der Waals surface area contributed by atoms with Gasteiger partial charge in [-0.15, -0.1) is 0 Å². The lowest BCUT2D eigenvalue weighted by atomic mass is 10.1. The average molecular weight is 398 g/mol. The highest BCUT2D eigenvalue weighted by atomic mass is 32.1. The molecular formula is C21H23N3O3S. The molecule has 0 radical (unpaired) electrons. The Bertz CT molecular complexity index is 1030. The molecule has 0 aliphatic rings. The van der Waals surface area contributed by atoms with Gasteiger partial charge in [0.2, 0.25) is 5.91 Å². The first-order valence-electron chi connectivity index (χ1n) is 9.16. The first-order valence-corrected chi connectivity index (χ1v) is 9.98. The average Bonchev–Trinajstić information content (AvgIpc) is 2.70. The van der Waals surface area contributed by atoms with Crippen molar-refractivity contribution in [1.29, 1.82) is 0 Å². The summed E-state index contributed by atoms with van der Waals surface area (Å²) in [5.74, 6) is 0.604. The van der Waals surface area contributed by atoms with Crippen molar-refractivity contribution in [2.75, 3.05) is 30.4 Å². The van der Waals surface area contributed by atoms with E-state index in [-0.39, 0.29) is 17.9 Å². The molecule has 0 unspecified atom stereocenters. The highest BCUT2D eigenvalue weighted by molar-refractivity contribution is 7.21. The third-order valence-corrected chi connectivity index (χ3v) is 5.56. The van der Waals surface area contributed by atoms with Gasteiger partial charge in [-0.1, -0.05) is 23.5 Å². The fraction of sp³-hybridized carbons (Fsp3) is 0.286. The summed E-state index contributed by atoms with van der Waals surface area (Å²) in [7, 11) is 1.60. The van der Waals surface area contributed by atoms with Crippen LogP contribution in [0.1, 0.15) is 19.4 Å². The lowest BCUT2D eigenvalue weighted by molar-refractivity contribution is -0.115. The molecule has 7 heteroatoms. The Morgan fingerprint density at radius 2 is 1.86 bits per heavy atom. The number of hydrogen-bond acceptors (Lipinski definition) is 6. The zero-order valence-electron chi connectivity index (χ0n) is 16.2. The second-order valence-electron chi connectivity index (χ2n) is 6.26. The monoisotopic (exact) mass is 397 g/mol. The molecule has 0 saturated heterocycles. The fourth-order valence-electron chi connectivity index (χ4n) is 2.90. The molecule has 0 spiro atoms. The van der Waals surface area contributed by atoms with Gasteiger partial charge in [-0.25, -0.2) is 0 Å². The van der Waals surface area contributed by atoms with E-state index in [1.54, 1.807) is 13.2 Å². The van der Waals surface area contributed by atoms with Crippen LogP contribution in [-0.4, -0.2) is 31.1 Å². The smallest absolute Gasteiger partial charge is 0.281 e. The lowest BCUT2D eigenvalue weighted by Gasteiger charge is -2.18. The third-order valence-electron chi connectivity index (χ3n) is 4.45. The van der Waals surface area contributed by atoms with Crippen molar-refractivity contribution in [2.45, 2.75) is 20.3 Å². The van der Waals surface area contributed by atoms with Crippen molar-refractivity contribution in [1.82, 2.24) is 4.98 Å². The van der Waals surface area contributed by atoms with Gasteiger partial charge in [-0.3, -0.25) is 9.59 Å². The lowest BCUT2D eigenvalue weighted by Crippen LogP contribution is -2.24. The van der Waals surface area contributed by atoms with E-state index in [0.717, 1.165) is 34.2 Å². The van der Waals surface area contributed by atoms with E-state index in [2.05, 4.69) is 15.2 Å². The van der Waals surface area contributed by atoms with E-state index in [0.29, 0.717) is 11.1 Å². The summed E-state index contributed by atoms with van der Waals surface area (Å²) >= 11 is 1.48. The molecule has 0 saturated carbocycles. The van der Waals surface area contributed by atoms with Crippen LogP contribution in [0.4, 0.5) is 10.8 Å². The van der Waals surface area contributed by atoms with E-state index >= 15 is 0 Å². The quantitative estimate of drug-likeness (QED) is 0.658. The van der Waals surface area contributed by atoms with Crippen LogP contribution in [0.5, 0.6) is 5.75 Å². The summed E-state index contributed by atoms with van der Waals surface area (Å²) in [6.07, 6.45) is 0.244. The molecule has 3 rings (SSSR count). The summed E-state index contributed by atoms with van der Waals surface area (Å²) in [5, 5.41) is 4.09. The first-order chi connectivity index (χ1) is 13.5. The number of rotatable bonds is 7. The van der Waals surface area contributed by atoms with Gasteiger partial charge >= 0.3 is 0 Å². The Hall–Kier alpha value is -2.93. The number of ether oxygens (including phenoxy) is 1. The summed E-state index contributed by atoms with van der Waals surface area (Å²) < 4.78 is 5.98. The topological polar surface area (TPSA) is 71.5 Å². The number of hydrogen-bond donors (Lipinski definition) is 1. The van der Waals surface area contributed by atoms with Gasteiger partial charge in [0.1, 0.15) is 5.75 Å². The van der Waals surface area contributed by atoms with Crippen molar-refractivity contribution in [2.24, 2.45) is 0 Å². The van der Waals surface area contributed by atoms with E-state index in [9.17, 15) is 9.59 Å². The minimum atomic E-state index is -0.276. The predicted molar refractivity (Wildman–Crippen MR) is 115 cm³/mol. The molecule has 0 atom stereocenters. The Balaban J connectivity index is 1.78. The predicted octanol–water partition coefficient (Wildman–Crippen LogP) is 3.69. The zero-order valence-corrected chi connectivity index (χ0v) is 17.0. The van der Waals surface area contributed by atoms with Crippen molar-refractivity contribution in [3.8, 4) is 5.75 Å². The van der Waals surface area contributed by atoms with Crippen molar-refractivity contribution >= 4 is 38.1 Å². The second kappa shape index (κ2) is 8.84. The highest BCUT2D eigenvalue weighted by Crippen LogP contribution is 2.26. The molecule has 6 nitrogen and oxygen atoms in total. The molecule has 0 aliphatic carbocycles. The van der Waals surface area contributed by atoms with Crippen LogP contribution in [0, 0.1) is 0 Å². The number of amides is 1. The number of carbonyl (C=O) groups excluding carboxylic acids is 1. The molecule has 146 valence electrons. The van der Waals surface area contributed by atoms with E-state index in [1.165, 1.54) is 11.3 Å². The Morgan fingerprint density at radius 3 is 2.50 bits per heavy atom. The standard InChI is InChI=1S/C21H23N3O3S/c1-4-24(5-2)21-23-20(26)17-13-15(8-11-18(17)28-21)22-19(25)12-14-6-9-16(27-3)10-7-14/h6-11,13H,4-5,12H2,1-3H3,(H,22,25). The van der Waals surface area contributed by atoms with Crippen LogP contribution in [0.25, 0.3) is 10.1 Å². The molecule has 1 heterocycles. The van der Waals surface area contributed by atoms with E-state index in [1.807, 2.05) is 50.2 Å². The van der Waals surface area contributed by atoms with Gasteiger partial charge in [0, 0.05) is 23.5 Å². The summed E-state index contributed by atoms with van der Waals surface area (Å²) in [4.78, 5) is 31.1. The number of fused-ring (bicyclic) bond motifs is 1. The molecule has 28 heavy (non-hydrogen) atoms. The Kier molecular flexibility index (Phi) is 6.26. The molecule has 0 bridgehead atoms. The molecule has 0 aliphatic heterocycles. The van der Waals surface area contributed by atoms with Crippen molar-refractivity contribution in [3.63, 3.8) is 0 Å². The Labute approximate surface area is 167 Å². The number of anilines is 2. The molecule has 1 N–H and O–H groups in total. The number of methoxy groups -OCH3 is 1. The van der Waals surface area contributed by atoms with Crippen LogP contribution in [0.2, 0.25) is 0 Å². The van der Waals surface area contributed by atoms with Gasteiger partial charge in [0.15, 0.2) is 5.13 Å². The number of nitrogens with one attached hydrogen (secondary N) is 1. The van der Waals surface area contributed by atoms with Crippen LogP contribution in [0.15, 0.2) is 47.3 Å². The number of aromatic nitrogens is 1. The van der Waals surface area contributed by atoms with Gasteiger partial charge in [0.05, 0.1) is 18.9 Å². The minimum Gasteiger partial charge on any atom is -0.497 e. The fourth-order valence-corrected chi connectivity index (χ4v) is 4.00. The van der Waals surface area contributed by atoms with Gasteiger partial charge < -0.3 is 15.0 Å². The SMILES string of the molecule is CCN(CC)c1nc(=O)c2cc(NC(=O)Cc3ccc(OC)cc3)ccc2s1. The van der Waals surface area contributed by atoms with Gasteiger partial charge in [-0.05, 0) is 49.7 Å². The molecule has 1 aromatic heterocycles. The van der Waals surface area contributed by atoms with E-state index < -0.39 is 0 Å². The minimum absolute atomic E-state index is 0.145. The third kappa shape index (κ3) is 4.48. The summed E-state index contributed by atoms with van der Waals surface area (Å²) in [6, 6.07) is 12.7. The summed E-state index contributed by atoms with van der Waals surface area (Å²) in [6.45, 7) is 5.66.